The number of rotatable bonds is 12. The minimum atomic E-state index is -3.91. The molecule has 0 radical (unpaired) electrons. The molecule has 0 bridgehead atoms. The van der Waals surface area contributed by atoms with Gasteiger partial charge in [0.1, 0.15) is 11.5 Å². The third kappa shape index (κ3) is 7.76. The lowest BCUT2D eigenvalue weighted by molar-refractivity contribution is 0.339. The van der Waals surface area contributed by atoms with Gasteiger partial charge in [0.2, 0.25) is 0 Å². The summed E-state index contributed by atoms with van der Waals surface area (Å²) in [5.41, 5.74) is 1.59. The maximum Gasteiger partial charge on any atom is 0.310 e. The van der Waals surface area contributed by atoms with Gasteiger partial charge in [0.05, 0.1) is 23.3 Å². The largest absolute Gasteiger partial charge is 0.508 e. The number of phenols is 1. The van der Waals surface area contributed by atoms with Crippen LogP contribution in [0.15, 0.2) is 48.5 Å². The van der Waals surface area contributed by atoms with Crippen LogP contribution in [0.25, 0.3) is 0 Å². The van der Waals surface area contributed by atoms with Crippen molar-refractivity contribution in [2.75, 3.05) is 31.1 Å². The molecule has 0 heterocycles. The average molecular weight is 508 g/mol. The molecular formula is C25H33NO6S2. The Morgan fingerprint density at radius 2 is 1.44 bits per heavy atom. The zero-order valence-electron chi connectivity index (χ0n) is 20.1. The number of sulfone groups is 1. The smallest absolute Gasteiger partial charge is 0.310 e. The minimum Gasteiger partial charge on any atom is -0.508 e. The van der Waals surface area contributed by atoms with Crippen molar-refractivity contribution in [3.05, 3.63) is 59.7 Å². The van der Waals surface area contributed by atoms with Crippen LogP contribution in [0.5, 0.6) is 11.5 Å². The van der Waals surface area contributed by atoms with Crippen LogP contribution < -0.4 is 4.18 Å². The van der Waals surface area contributed by atoms with E-state index < -0.39 is 25.2 Å². The Bertz CT molecular complexity index is 1190. The fraction of sp³-hybridized carbons (Fsp3) is 0.440. The second-order valence-electron chi connectivity index (χ2n) is 8.94. The van der Waals surface area contributed by atoms with Gasteiger partial charge in [-0.1, -0.05) is 44.0 Å². The number of hydrogen-bond donors (Lipinski definition) is 1. The minimum absolute atomic E-state index is 0.0616. The van der Waals surface area contributed by atoms with Crippen LogP contribution in [-0.2, 0) is 25.4 Å². The van der Waals surface area contributed by atoms with E-state index in [1.807, 2.05) is 26.0 Å². The number of aromatic hydroxyl groups is 1. The number of phenolic OH excluding ortho intramolecular Hbond substituents is 1. The van der Waals surface area contributed by atoms with Gasteiger partial charge in [-0.3, -0.25) is 4.90 Å². The zero-order valence-corrected chi connectivity index (χ0v) is 21.7. The highest BCUT2D eigenvalue weighted by atomic mass is 32.2. The van der Waals surface area contributed by atoms with E-state index in [0.717, 1.165) is 11.1 Å². The normalized spacial score (nSPS) is 12.6. The first kappa shape index (κ1) is 27.7. The van der Waals surface area contributed by atoms with Gasteiger partial charge >= 0.3 is 10.1 Å². The van der Waals surface area contributed by atoms with Crippen molar-refractivity contribution in [2.45, 2.75) is 38.4 Å². The van der Waals surface area contributed by atoms with Crippen molar-refractivity contribution in [3.8, 4) is 23.8 Å². The van der Waals surface area contributed by atoms with Gasteiger partial charge in [0, 0.05) is 18.5 Å². The highest BCUT2D eigenvalue weighted by Gasteiger charge is 2.24. The lowest BCUT2D eigenvalue weighted by Crippen LogP contribution is -2.36. The van der Waals surface area contributed by atoms with Crippen molar-refractivity contribution in [3.63, 3.8) is 0 Å². The van der Waals surface area contributed by atoms with Crippen LogP contribution in [0.4, 0.5) is 0 Å². The van der Waals surface area contributed by atoms with Crippen molar-refractivity contribution < 1.29 is 26.1 Å². The van der Waals surface area contributed by atoms with Gasteiger partial charge in [-0.05, 0) is 49.2 Å². The van der Waals surface area contributed by atoms with Crippen molar-refractivity contribution in [1.82, 2.24) is 4.90 Å². The van der Waals surface area contributed by atoms with Crippen LogP contribution in [-0.4, -0.2) is 63.2 Å². The first-order chi connectivity index (χ1) is 15.8. The summed E-state index contributed by atoms with van der Waals surface area (Å²) < 4.78 is 54.4. The molecular weight excluding hydrogens is 474 g/mol. The first-order valence-electron chi connectivity index (χ1n) is 11.0. The predicted molar refractivity (Wildman–Crippen MR) is 135 cm³/mol. The van der Waals surface area contributed by atoms with Gasteiger partial charge < -0.3 is 9.29 Å². The van der Waals surface area contributed by atoms with E-state index in [9.17, 15) is 21.9 Å². The third-order valence-corrected chi connectivity index (χ3v) is 9.09. The molecule has 2 rings (SSSR count). The molecule has 0 amide bonds. The monoisotopic (exact) mass is 507 g/mol. The molecule has 9 heteroatoms. The van der Waals surface area contributed by atoms with Crippen molar-refractivity contribution in [2.24, 2.45) is 0 Å². The van der Waals surface area contributed by atoms with Gasteiger partial charge in [-0.15, -0.1) is 6.42 Å². The number of nitrogens with zero attached hydrogens (tertiary/aromatic N) is 1. The summed E-state index contributed by atoms with van der Waals surface area (Å²) in [6.45, 7) is 7.64. The summed E-state index contributed by atoms with van der Waals surface area (Å²) in [5.74, 6) is 2.41. The van der Waals surface area contributed by atoms with E-state index in [1.54, 1.807) is 55.1 Å². The molecule has 186 valence electrons. The lowest BCUT2D eigenvalue weighted by Gasteiger charge is -2.26. The molecule has 0 saturated heterocycles. The van der Waals surface area contributed by atoms with E-state index >= 15 is 0 Å². The molecule has 0 aromatic heterocycles. The van der Waals surface area contributed by atoms with Crippen LogP contribution in [0.1, 0.15) is 38.8 Å². The van der Waals surface area contributed by atoms with Gasteiger partial charge in [-0.25, -0.2) is 8.42 Å². The number of terminal acetylenes is 1. The molecule has 2 aromatic carbocycles. The van der Waals surface area contributed by atoms with E-state index in [4.69, 9.17) is 10.6 Å². The van der Waals surface area contributed by atoms with Crippen molar-refractivity contribution >= 4 is 20.0 Å². The Labute approximate surface area is 203 Å². The molecule has 0 aliphatic heterocycles. The molecule has 0 spiro atoms. The lowest BCUT2D eigenvalue weighted by atomic mass is 9.78. The highest BCUT2D eigenvalue weighted by molar-refractivity contribution is 7.92. The van der Waals surface area contributed by atoms with Gasteiger partial charge in [-0.2, -0.15) is 8.42 Å². The topological polar surface area (TPSA) is 101 Å². The Morgan fingerprint density at radius 1 is 0.941 bits per heavy atom. The Kier molecular flexibility index (Phi) is 9.17. The summed E-state index contributed by atoms with van der Waals surface area (Å²) in [7, 11) is -7.17. The van der Waals surface area contributed by atoms with Gasteiger partial charge in [0.15, 0.2) is 9.84 Å². The average Bonchev–Trinajstić information content (AvgIpc) is 2.76. The zero-order chi connectivity index (χ0) is 25.6. The van der Waals surface area contributed by atoms with Crippen LogP contribution in [0.2, 0.25) is 0 Å². The fourth-order valence-corrected chi connectivity index (χ4v) is 5.25. The molecule has 7 nitrogen and oxygen atoms in total. The highest BCUT2D eigenvalue weighted by Crippen LogP contribution is 2.33. The first-order valence-corrected chi connectivity index (χ1v) is 14.3. The van der Waals surface area contributed by atoms with E-state index in [2.05, 4.69) is 5.92 Å². The molecule has 0 fully saturated rings. The SMILES string of the molecule is C#CCN(CCS(=O)(=O)Oc1ccc(C(C)(C)c2ccc(O)cc2)cc1)CCS(=O)(=O)C(C)C. The molecule has 0 atom stereocenters. The van der Waals surface area contributed by atoms with E-state index in [1.165, 1.54) is 0 Å². The Balaban J connectivity index is 2.02. The van der Waals surface area contributed by atoms with Gasteiger partial charge in [0.25, 0.3) is 0 Å². The third-order valence-electron chi connectivity index (χ3n) is 5.77. The van der Waals surface area contributed by atoms with E-state index in [0.29, 0.717) is 0 Å². The maximum absolute atomic E-state index is 12.5. The quantitative estimate of drug-likeness (QED) is 0.348. The second-order valence-corrected chi connectivity index (χ2v) is 13.3. The predicted octanol–water partition coefficient (Wildman–Crippen LogP) is 3.19. The standard InChI is InChI=1S/C25H33NO6S2/c1-6-15-26(16-18-33(28,29)20(2)3)17-19-34(30,31)32-24-13-9-22(10-14-24)25(4,5)21-7-11-23(27)12-8-21/h1,7-14,20,27H,15-19H2,2-5H3. The molecule has 0 aliphatic carbocycles. The molecule has 2 aromatic rings. The molecule has 0 unspecified atom stereocenters. The summed E-state index contributed by atoms with van der Waals surface area (Å²) in [6.07, 6.45) is 5.36. The van der Waals surface area contributed by atoms with Crippen LogP contribution in [0, 0.1) is 12.3 Å². The maximum atomic E-state index is 12.5. The van der Waals surface area contributed by atoms with Crippen LogP contribution in [0.3, 0.4) is 0 Å². The summed E-state index contributed by atoms with van der Waals surface area (Å²) in [4.78, 5) is 1.62. The molecule has 34 heavy (non-hydrogen) atoms. The number of benzene rings is 2. The Morgan fingerprint density at radius 3 is 1.94 bits per heavy atom. The summed E-state index contributed by atoms with van der Waals surface area (Å²) in [6, 6.07) is 13.8. The Hall–Kier alpha value is -2.54. The van der Waals surface area contributed by atoms with Crippen molar-refractivity contribution in [1.29, 1.82) is 0 Å². The summed E-state index contributed by atoms with van der Waals surface area (Å²) >= 11 is 0. The second kappa shape index (κ2) is 11.3. The number of hydrogen-bond acceptors (Lipinski definition) is 7. The molecule has 0 saturated carbocycles. The molecule has 0 aliphatic rings. The van der Waals surface area contributed by atoms with Crippen LogP contribution >= 0.6 is 0 Å². The summed E-state index contributed by atoms with van der Waals surface area (Å²) in [5, 5.41) is 9.01. The molecule has 1 N–H and O–H groups in total. The van der Waals surface area contributed by atoms with E-state index in [-0.39, 0.29) is 48.1 Å². The fourth-order valence-electron chi connectivity index (χ4n) is 3.29.